The molecular weight excluding hydrogens is 482 g/mol. The van der Waals surface area contributed by atoms with Crippen LogP contribution in [0.5, 0.6) is 11.5 Å². The second-order valence-corrected chi connectivity index (χ2v) is 8.32. The number of aromatic nitrogens is 2. The highest BCUT2D eigenvalue weighted by atomic mass is 79.9. The van der Waals surface area contributed by atoms with Crippen LogP contribution in [0.2, 0.25) is 5.02 Å². The Hall–Kier alpha value is -2.51. The van der Waals surface area contributed by atoms with E-state index in [1.807, 2.05) is 18.5 Å². The first-order chi connectivity index (χ1) is 14.9. The fraction of sp³-hybridized carbons (Fsp3) is 0.304. The Morgan fingerprint density at radius 1 is 1.19 bits per heavy atom. The van der Waals surface area contributed by atoms with E-state index in [1.165, 1.54) is 0 Å². The zero-order valence-electron chi connectivity index (χ0n) is 17.7. The largest absolute Gasteiger partial charge is 0.496 e. The molecule has 8 heteroatoms. The predicted molar refractivity (Wildman–Crippen MR) is 125 cm³/mol. The third kappa shape index (κ3) is 6.02. The van der Waals surface area contributed by atoms with E-state index < -0.39 is 0 Å². The summed E-state index contributed by atoms with van der Waals surface area (Å²) in [5, 5.41) is 8.10. The van der Waals surface area contributed by atoms with Crippen LogP contribution in [-0.4, -0.2) is 29.3 Å². The van der Waals surface area contributed by atoms with Gasteiger partial charge in [0.1, 0.15) is 18.1 Å². The van der Waals surface area contributed by atoms with E-state index >= 15 is 0 Å². The number of benzene rings is 2. The molecule has 0 spiro atoms. The molecular formula is C23H25BrClN3O3. The van der Waals surface area contributed by atoms with Crippen LogP contribution in [0.4, 0.5) is 0 Å². The second-order valence-electron chi connectivity index (χ2n) is 7.09. The van der Waals surface area contributed by atoms with Gasteiger partial charge < -0.3 is 14.8 Å². The molecule has 2 aromatic carbocycles. The Bertz CT molecular complexity index is 1050. The topological polar surface area (TPSA) is 65.4 Å². The lowest BCUT2D eigenvalue weighted by Gasteiger charge is -2.13. The Morgan fingerprint density at radius 2 is 1.94 bits per heavy atom. The smallest absolute Gasteiger partial charge is 0.251 e. The van der Waals surface area contributed by atoms with Crippen molar-refractivity contribution in [3.63, 3.8) is 0 Å². The molecule has 1 heterocycles. The molecule has 31 heavy (non-hydrogen) atoms. The summed E-state index contributed by atoms with van der Waals surface area (Å²) in [4.78, 5) is 12.6. The van der Waals surface area contributed by atoms with E-state index in [-0.39, 0.29) is 12.5 Å². The molecule has 0 aliphatic heterocycles. The van der Waals surface area contributed by atoms with Gasteiger partial charge in [-0.3, -0.25) is 9.48 Å². The molecule has 3 rings (SSSR count). The zero-order valence-corrected chi connectivity index (χ0v) is 20.1. The first-order valence-corrected chi connectivity index (χ1v) is 11.1. The molecule has 0 aliphatic carbocycles. The maximum atomic E-state index is 12.6. The minimum atomic E-state index is -0.134. The van der Waals surface area contributed by atoms with Crippen LogP contribution in [0, 0.1) is 13.8 Å². The van der Waals surface area contributed by atoms with Crippen molar-refractivity contribution in [2.75, 3.05) is 13.7 Å². The van der Waals surface area contributed by atoms with Gasteiger partial charge in [0.05, 0.1) is 17.3 Å². The van der Waals surface area contributed by atoms with Crippen molar-refractivity contribution in [1.82, 2.24) is 15.1 Å². The third-order valence-corrected chi connectivity index (χ3v) is 6.28. The summed E-state index contributed by atoms with van der Waals surface area (Å²) >= 11 is 9.44. The number of nitrogens with one attached hydrogen (secondary N) is 1. The molecule has 3 aromatic rings. The van der Waals surface area contributed by atoms with E-state index in [4.69, 9.17) is 21.1 Å². The molecule has 0 saturated heterocycles. The van der Waals surface area contributed by atoms with Crippen LogP contribution < -0.4 is 14.8 Å². The summed E-state index contributed by atoms with van der Waals surface area (Å²) in [7, 11) is 1.60. The number of halogens is 2. The van der Waals surface area contributed by atoms with Gasteiger partial charge >= 0.3 is 0 Å². The number of carbonyl (C=O) groups excluding carboxylic acids is 1. The number of hydrogen-bond donors (Lipinski definition) is 1. The minimum absolute atomic E-state index is 0.134. The summed E-state index contributed by atoms with van der Waals surface area (Å²) in [6.07, 6.45) is 0.781. The van der Waals surface area contributed by atoms with Crippen LogP contribution in [0.1, 0.15) is 33.7 Å². The highest BCUT2D eigenvalue weighted by Gasteiger charge is 2.12. The number of methoxy groups -OCH3 is 1. The van der Waals surface area contributed by atoms with Gasteiger partial charge in [0.15, 0.2) is 0 Å². The molecule has 0 saturated carbocycles. The number of hydrogen-bond acceptors (Lipinski definition) is 4. The molecule has 164 valence electrons. The maximum Gasteiger partial charge on any atom is 0.251 e. The summed E-state index contributed by atoms with van der Waals surface area (Å²) in [6.45, 7) is 5.55. The zero-order chi connectivity index (χ0) is 22.4. The summed E-state index contributed by atoms with van der Waals surface area (Å²) < 4.78 is 14.2. The second kappa shape index (κ2) is 10.7. The third-order valence-electron chi connectivity index (χ3n) is 4.88. The van der Waals surface area contributed by atoms with Gasteiger partial charge in [-0.25, -0.2) is 0 Å². The molecule has 0 fully saturated rings. The lowest BCUT2D eigenvalue weighted by atomic mass is 10.1. The number of ether oxygens (including phenoxy) is 2. The number of amides is 1. The van der Waals surface area contributed by atoms with E-state index in [9.17, 15) is 4.79 Å². The van der Waals surface area contributed by atoms with Gasteiger partial charge in [0.25, 0.3) is 5.91 Å². The predicted octanol–water partition coefficient (Wildman–Crippen LogP) is 5.32. The van der Waals surface area contributed by atoms with Gasteiger partial charge in [0, 0.05) is 34.9 Å². The van der Waals surface area contributed by atoms with Gasteiger partial charge in [-0.2, -0.15) is 5.10 Å². The average Bonchev–Trinajstić information content (AvgIpc) is 3.02. The molecule has 0 unspecified atom stereocenters. The van der Waals surface area contributed by atoms with Gasteiger partial charge in [0.2, 0.25) is 0 Å². The Kier molecular flexibility index (Phi) is 7.98. The van der Waals surface area contributed by atoms with Crippen LogP contribution in [-0.2, 0) is 13.2 Å². The molecule has 1 aromatic heterocycles. The summed E-state index contributed by atoms with van der Waals surface area (Å²) in [5.41, 5.74) is 3.40. The normalized spacial score (nSPS) is 10.7. The Morgan fingerprint density at radius 3 is 2.58 bits per heavy atom. The van der Waals surface area contributed by atoms with Gasteiger partial charge in [-0.05, 0) is 78.7 Å². The molecule has 0 bridgehead atoms. The van der Waals surface area contributed by atoms with E-state index in [0.29, 0.717) is 28.6 Å². The molecule has 1 N–H and O–H groups in total. The van der Waals surface area contributed by atoms with Crippen molar-refractivity contribution in [3.8, 4) is 11.5 Å². The number of carbonyl (C=O) groups is 1. The van der Waals surface area contributed by atoms with Crippen molar-refractivity contribution in [3.05, 3.63) is 74.5 Å². The first-order valence-electron chi connectivity index (χ1n) is 9.92. The quantitative estimate of drug-likeness (QED) is 0.399. The van der Waals surface area contributed by atoms with Crippen molar-refractivity contribution in [2.24, 2.45) is 0 Å². The Balaban J connectivity index is 1.57. The standard InChI is InChI=1S/C23H25BrClN3O3/c1-15-22(24)16(2)28(27-15)12-4-11-26-23(29)17-5-10-21(30-3)18(13-17)14-31-20-8-6-19(25)7-9-20/h5-10,13H,4,11-12,14H2,1-3H3,(H,26,29). The van der Waals surface area contributed by atoms with Gasteiger partial charge in [-0.1, -0.05) is 11.6 Å². The van der Waals surface area contributed by atoms with E-state index in [2.05, 4.69) is 26.3 Å². The number of aryl methyl sites for hydroxylation is 2. The number of nitrogens with zero attached hydrogens (tertiary/aromatic N) is 2. The molecule has 0 atom stereocenters. The summed E-state index contributed by atoms with van der Waals surface area (Å²) in [6, 6.07) is 12.5. The molecule has 1 amide bonds. The summed E-state index contributed by atoms with van der Waals surface area (Å²) in [5.74, 6) is 1.22. The van der Waals surface area contributed by atoms with Crippen molar-refractivity contribution in [1.29, 1.82) is 0 Å². The van der Waals surface area contributed by atoms with E-state index in [0.717, 1.165) is 34.4 Å². The van der Waals surface area contributed by atoms with Gasteiger partial charge in [-0.15, -0.1) is 0 Å². The monoisotopic (exact) mass is 505 g/mol. The van der Waals surface area contributed by atoms with Crippen molar-refractivity contribution >= 4 is 33.4 Å². The minimum Gasteiger partial charge on any atom is -0.496 e. The van der Waals surface area contributed by atoms with Crippen molar-refractivity contribution < 1.29 is 14.3 Å². The highest BCUT2D eigenvalue weighted by molar-refractivity contribution is 9.10. The number of rotatable bonds is 9. The van der Waals surface area contributed by atoms with Crippen molar-refractivity contribution in [2.45, 2.75) is 33.4 Å². The van der Waals surface area contributed by atoms with Crippen LogP contribution >= 0.6 is 27.5 Å². The first kappa shape index (κ1) is 23.2. The average molecular weight is 507 g/mol. The molecule has 0 aliphatic rings. The maximum absolute atomic E-state index is 12.6. The van der Waals surface area contributed by atoms with Crippen LogP contribution in [0.25, 0.3) is 0 Å². The fourth-order valence-corrected chi connectivity index (χ4v) is 3.56. The lowest BCUT2D eigenvalue weighted by Crippen LogP contribution is -2.25. The lowest BCUT2D eigenvalue weighted by molar-refractivity contribution is 0.0952. The fourth-order valence-electron chi connectivity index (χ4n) is 3.15. The molecule has 0 radical (unpaired) electrons. The SMILES string of the molecule is COc1ccc(C(=O)NCCCn2nc(C)c(Br)c2C)cc1COc1ccc(Cl)cc1. The highest BCUT2D eigenvalue weighted by Crippen LogP contribution is 2.23. The van der Waals surface area contributed by atoms with E-state index in [1.54, 1.807) is 49.6 Å². The van der Waals surface area contributed by atoms with Crippen LogP contribution in [0.15, 0.2) is 46.9 Å². The van der Waals surface area contributed by atoms with Crippen LogP contribution in [0.3, 0.4) is 0 Å². The molecule has 6 nitrogen and oxygen atoms in total. The Labute approximate surface area is 195 Å².